The predicted molar refractivity (Wildman–Crippen MR) is 50.2 cm³/mol. The Bertz CT molecular complexity index is 405. The second kappa shape index (κ2) is 4.47. The number of rotatable bonds is 3. The van der Waals surface area contributed by atoms with Crippen LogP contribution < -0.4 is 5.32 Å². The molecule has 0 aliphatic heterocycles. The smallest absolute Gasteiger partial charge is 0.288 e. The summed E-state index contributed by atoms with van der Waals surface area (Å²) < 4.78 is 0. The van der Waals surface area contributed by atoms with Gasteiger partial charge in [-0.25, -0.2) is 0 Å². The highest BCUT2D eigenvalue weighted by atomic mass is 16.6. The zero-order valence-electron chi connectivity index (χ0n) is 7.93. The van der Waals surface area contributed by atoms with Gasteiger partial charge in [0.2, 0.25) is 0 Å². The van der Waals surface area contributed by atoms with E-state index < -0.39 is 17.6 Å². The normalized spacial score (nSPS) is 9.73. The fraction of sp³-hybridized carbons (Fsp3) is 0.250. The molecule has 0 saturated heterocycles. The molecule has 0 fully saturated rings. The van der Waals surface area contributed by atoms with Gasteiger partial charge in [0.05, 0.1) is 16.2 Å². The van der Waals surface area contributed by atoms with Crippen LogP contribution in [0.25, 0.3) is 0 Å². The van der Waals surface area contributed by atoms with E-state index in [0.29, 0.717) is 5.69 Å². The molecule has 7 heteroatoms. The Balaban J connectivity index is 3.10. The Morgan fingerprint density at radius 1 is 1.73 bits per heavy atom. The van der Waals surface area contributed by atoms with Crippen LogP contribution in [0.3, 0.4) is 0 Å². The van der Waals surface area contributed by atoms with Crippen molar-refractivity contribution in [3.8, 4) is 0 Å². The first kappa shape index (κ1) is 11.1. The Morgan fingerprint density at radius 3 is 2.93 bits per heavy atom. The number of nitro groups is 1. The molecule has 7 nitrogen and oxygen atoms in total. The van der Waals surface area contributed by atoms with Gasteiger partial charge in [-0.2, -0.15) is 0 Å². The van der Waals surface area contributed by atoms with Crippen molar-refractivity contribution in [1.82, 2.24) is 10.3 Å². The van der Waals surface area contributed by atoms with Crippen LogP contribution in [-0.4, -0.2) is 27.7 Å². The second-order valence-electron chi connectivity index (χ2n) is 2.75. The average molecular weight is 211 g/mol. The van der Waals surface area contributed by atoms with E-state index in [1.165, 1.54) is 0 Å². The Labute approximate surface area is 84.9 Å². The molecule has 1 rings (SSSR count). The van der Waals surface area contributed by atoms with Crippen molar-refractivity contribution in [2.45, 2.75) is 6.92 Å². The maximum absolute atomic E-state index is 11.3. The molecule has 0 saturated carbocycles. The number of pyridine rings is 1. The van der Waals surface area contributed by atoms with E-state index in [-0.39, 0.29) is 11.3 Å². The van der Waals surface area contributed by atoms with E-state index in [1.807, 2.05) is 0 Å². The van der Waals surface area contributed by atoms with E-state index in [2.05, 4.69) is 10.3 Å². The Kier molecular flexibility index (Phi) is 3.29. The lowest BCUT2D eigenvalue weighted by Crippen LogP contribution is -2.25. The number of nitrogens with zero attached hydrogens (tertiary/aromatic N) is 2. The molecule has 1 heterocycles. The van der Waals surface area contributed by atoms with E-state index in [4.69, 9.17) is 5.11 Å². The van der Waals surface area contributed by atoms with Crippen LogP contribution in [0.1, 0.15) is 16.1 Å². The quantitative estimate of drug-likeness (QED) is 0.415. The highest BCUT2D eigenvalue weighted by Crippen LogP contribution is 2.14. The molecule has 0 aliphatic carbocycles. The molecule has 15 heavy (non-hydrogen) atoms. The van der Waals surface area contributed by atoms with Crippen LogP contribution in [0.4, 0.5) is 5.69 Å². The van der Waals surface area contributed by atoms with Gasteiger partial charge >= 0.3 is 0 Å². The molecule has 0 aliphatic rings. The van der Waals surface area contributed by atoms with Crippen LogP contribution in [-0.2, 0) is 0 Å². The summed E-state index contributed by atoms with van der Waals surface area (Å²) >= 11 is 0. The van der Waals surface area contributed by atoms with Crippen LogP contribution >= 0.6 is 0 Å². The first-order chi connectivity index (χ1) is 7.06. The summed E-state index contributed by atoms with van der Waals surface area (Å²) in [5.74, 6) is -0.591. The minimum absolute atomic E-state index is 0.0817. The summed E-state index contributed by atoms with van der Waals surface area (Å²) in [5, 5.41) is 21.0. The second-order valence-corrected chi connectivity index (χ2v) is 2.75. The molecule has 0 spiro atoms. The van der Waals surface area contributed by atoms with Gasteiger partial charge < -0.3 is 10.4 Å². The van der Waals surface area contributed by atoms with Gasteiger partial charge in [-0.05, 0) is 6.92 Å². The lowest BCUT2D eigenvalue weighted by Gasteiger charge is -2.03. The molecule has 1 aromatic rings. The first-order valence-electron chi connectivity index (χ1n) is 4.06. The molecule has 80 valence electrons. The van der Waals surface area contributed by atoms with Gasteiger partial charge in [-0.3, -0.25) is 19.9 Å². The first-order valence-corrected chi connectivity index (χ1v) is 4.06. The van der Waals surface area contributed by atoms with E-state index in [9.17, 15) is 14.9 Å². The van der Waals surface area contributed by atoms with Crippen molar-refractivity contribution >= 4 is 11.6 Å². The van der Waals surface area contributed by atoms with Gasteiger partial charge in [-0.15, -0.1) is 0 Å². The summed E-state index contributed by atoms with van der Waals surface area (Å²) in [6, 6.07) is 1.12. The van der Waals surface area contributed by atoms with Gasteiger partial charge in [-0.1, -0.05) is 0 Å². The maximum Gasteiger partial charge on any atom is 0.288 e. The summed E-state index contributed by atoms with van der Waals surface area (Å²) in [5.41, 5.74) is 0.188. The van der Waals surface area contributed by atoms with Gasteiger partial charge in [0, 0.05) is 6.07 Å². The molecular formula is C8H9N3O4. The van der Waals surface area contributed by atoms with Crippen LogP contribution in [0.5, 0.6) is 0 Å². The monoisotopic (exact) mass is 211 g/mol. The number of aromatic nitrogens is 1. The third-order valence-electron chi connectivity index (χ3n) is 1.77. The predicted octanol–water partition coefficient (Wildman–Crippen LogP) is -0.0222. The standard InChI is InChI=1S/C8H9N3O4/c1-5-7(8(13)10-4-12)2-6(3-9-5)11(14)15/h2-3,12H,4H2,1H3,(H,10,13). The molecule has 1 amide bonds. The molecule has 1 aromatic heterocycles. The molecule has 2 N–H and O–H groups in total. The van der Waals surface area contributed by atoms with Crippen molar-refractivity contribution in [2.75, 3.05) is 6.73 Å². The minimum atomic E-state index is -0.637. The van der Waals surface area contributed by atoms with Crippen molar-refractivity contribution in [2.24, 2.45) is 0 Å². The largest absolute Gasteiger partial charge is 0.376 e. The number of aliphatic hydroxyl groups excluding tert-OH is 1. The summed E-state index contributed by atoms with van der Waals surface area (Å²) in [4.78, 5) is 24.8. The van der Waals surface area contributed by atoms with E-state index in [0.717, 1.165) is 12.3 Å². The Hall–Kier alpha value is -2.02. The number of nitrogens with one attached hydrogen (secondary N) is 1. The van der Waals surface area contributed by atoms with Crippen LogP contribution in [0.2, 0.25) is 0 Å². The van der Waals surface area contributed by atoms with Crippen molar-refractivity contribution < 1.29 is 14.8 Å². The van der Waals surface area contributed by atoms with Crippen molar-refractivity contribution in [3.63, 3.8) is 0 Å². The molecule has 0 radical (unpaired) electrons. The molecule has 0 unspecified atom stereocenters. The number of carbonyl (C=O) groups excluding carboxylic acids is 1. The highest BCUT2D eigenvalue weighted by molar-refractivity contribution is 5.95. The third-order valence-corrected chi connectivity index (χ3v) is 1.77. The molecule has 0 atom stereocenters. The molecule has 0 bridgehead atoms. The highest BCUT2D eigenvalue weighted by Gasteiger charge is 2.14. The van der Waals surface area contributed by atoms with Crippen LogP contribution in [0.15, 0.2) is 12.3 Å². The number of amides is 1. The van der Waals surface area contributed by atoms with Gasteiger partial charge in [0.15, 0.2) is 0 Å². The van der Waals surface area contributed by atoms with Gasteiger partial charge in [0.25, 0.3) is 11.6 Å². The summed E-state index contributed by atoms with van der Waals surface area (Å²) in [7, 11) is 0. The number of hydrogen-bond acceptors (Lipinski definition) is 5. The SMILES string of the molecule is Cc1ncc([N+](=O)[O-])cc1C(=O)NCO. The fourth-order valence-corrected chi connectivity index (χ4v) is 1.02. The zero-order chi connectivity index (χ0) is 11.4. The third kappa shape index (κ3) is 2.47. The number of hydrogen-bond donors (Lipinski definition) is 2. The number of aryl methyl sites for hydroxylation is 1. The van der Waals surface area contributed by atoms with E-state index in [1.54, 1.807) is 6.92 Å². The van der Waals surface area contributed by atoms with Crippen LogP contribution in [0, 0.1) is 17.0 Å². The minimum Gasteiger partial charge on any atom is -0.376 e. The van der Waals surface area contributed by atoms with E-state index >= 15 is 0 Å². The number of aliphatic hydroxyl groups is 1. The molecular weight excluding hydrogens is 202 g/mol. The summed E-state index contributed by atoms with van der Waals surface area (Å²) in [6.07, 6.45) is 1.07. The molecule has 0 aromatic carbocycles. The number of carbonyl (C=O) groups is 1. The van der Waals surface area contributed by atoms with Crippen molar-refractivity contribution in [3.05, 3.63) is 33.6 Å². The van der Waals surface area contributed by atoms with Gasteiger partial charge in [0.1, 0.15) is 12.9 Å². The average Bonchev–Trinajstić information content (AvgIpc) is 2.18. The topological polar surface area (TPSA) is 105 Å². The fourth-order valence-electron chi connectivity index (χ4n) is 1.02. The maximum atomic E-state index is 11.3. The Morgan fingerprint density at radius 2 is 2.40 bits per heavy atom. The lowest BCUT2D eigenvalue weighted by molar-refractivity contribution is -0.385. The van der Waals surface area contributed by atoms with Crippen molar-refractivity contribution in [1.29, 1.82) is 0 Å². The lowest BCUT2D eigenvalue weighted by atomic mass is 10.2. The summed E-state index contributed by atoms with van der Waals surface area (Å²) in [6.45, 7) is 1.02. The zero-order valence-corrected chi connectivity index (χ0v) is 7.93.